The molecule has 0 saturated carbocycles. The minimum atomic E-state index is -0.639. The van der Waals surface area contributed by atoms with E-state index >= 15 is 0 Å². The quantitative estimate of drug-likeness (QED) is 0.876. The predicted molar refractivity (Wildman–Crippen MR) is 94.5 cm³/mol. The van der Waals surface area contributed by atoms with Crippen molar-refractivity contribution in [3.8, 4) is 5.75 Å². The summed E-state index contributed by atoms with van der Waals surface area (Å²) >= 11 is 0. The number of carbonyl (C=O) groups is 1. The maximum Gasteiger partial charge on any atom is 0.266 e. The van der Waals surface area contributed by atoms with Gasteiger partial charge in [0.25, 0.3) is 5.91 Å². The van der Waals surface area contributed by atoms with E-state index < -0.39 is 6.10 Å². The molecule has 0 bridgehead atoms. The van der Waals surface area contributed by atoms with Crippen LogP contribution in [0, 0.1) is 0 Å². The number of rotatable bonds is 5. The molecule has 0 aliphatic carbocycles. The second-order valence-electron chi connectivity index (χ2n) is 7.27. The van der Waals surface area contributed by atoms with Crippen LogP contribution in [0.25, 0.3) is 0 Å². The molecule has 0 unspecified atom stereocenters. The number of anilines is 1. The first-order valence-electron chi connectivity index (χ1n) is 8.22. The Labute approximate surface area is 143 Å². The maximum atomic E-state index is 12.3. The van der Waals surface area contributed by atoms with Gasteiger partial charge in [0.05, 0.1) is 0 Å². The Morgan fingerprint density at radius 1 is 1.21 bits per heavy atom. The van der Waals surface area contributed by atoms with Gasteiger partial charge in [0.2, 0.25) is 0 Å². The third-order valence-corrected chi connectivity index (χ3v) is 3.71. The molecule has 0 saturated heterocycles. The Bertz CT molecular complexity index is 699. The van der Waals surface area contributed by atoms with Gasteiger partial charge >= 0.3 is 0 Å². The van der Waals surface area contributed by atoms with E-state index in [1.165, 1.54) is 0 Å². The summed E-state index contributed by atoms with van der Waals surface area (Å²) in [6.07, 6.45) is -0.639. The van der Waals surface area contributed by atoms with Gasteiger partial charge in [0.1, 0.15) is 11.5 Å². The van der Waals surface area contributed by atoms with Gasteiger partial charge in [-0.25, -0.2) is 0 Å². The van der Waals surface area contributed by atoms with Crippen LogP contribution >= 0.6 is 0 Å². The highest BCUT2D eigenvalue weighted by atomic mass is 16.5. The third kappa shape index (κ3) is 4.37. The highest BCUT2D eigenvalue weighted by molar-refractivity contribution is 5.93. The van der Waals surface area contributed by atoms with Gasteiger partial charge in [-0.1, -0.05) is 58.0 Å². The summed E-state index contributed by atoms with van der Waals surface area (Å²) in [4.78, 5) is 12.3. The van der Waals surface area contributed by atoms with Crippen LogP contribution in [-0.2, 0) is 10.2 Å². The zero-order valence-corrected chi connectivity index (χ0v) is 15.2. The number of hydrogen-bond acceptors (Lipinski definition) is 4. The number of aromatic nitrogens is 1. The Balaban J connectivity index is 2.04. The van der Waals surface area contributed by atoms with E-state index in [-0.39, 0.29) is 11.3 Å². The second-order valence-corrected chi connectivity index (χ2v) is 7.27. The SMILES string of the molecule is CC(C)c1ccccc1O[C@@H](C)C(=O)Nc1cc(C(C)(C)C)on1. The lowest BCUT2D eigenvalue weighted by Gasteiger charge is -2.18. The first-order valence-corrected chi connectivity index (χ1v) is 8.22. The molecule has 5 heteroatoms. The molecule has 0 spiro atoms. The third-order valence-electron chi connectivity index (χ3n) is 3.71. The first-order chi connectivity index (χ1) is 11.2. The largest absolute Gasteiger partial charge is 0.481 e. The van der Waals surface area contributed by atoms with Crippen molar-refractivity contribution >= 4 is 11.7 Å². The number of carbonyl (C=O) groups excluding carboxylic acids is 1. The minimum Gasteiger partial charge on any atom is -0.481 e. The predicted octanol–water partition coefficient (Wildman–Crippen LogP) is 4.50. The van der Waals surface area contributed by atoms with E-state index in [0.717, 1.165) is 17.1 Å². The molecular formula is C19H26N2O3. The number of para-hydroxylation sites is 1. The topological polar surface area (TPSA) is 64.4 Å². The molecule has 1 atom stereocenters. The van der Waals surface area contributed by atoms with Gasteiger partial charge in [-0.05, 0) is 24.5 Å². The molecular weight excluding hydrogens is 304 g/mol. The van der Waals surface area contributed by atoms with Crippen molar-refractivity contribution in [1.29, 1.82) is 0 Å². The number of nitrogens with zero attached hydrogens (tertiary/aromatic N) is 1. The molecule has 0 radical (unpaired) electrons. The fourth-order valence-electron chi connectivity index (χ4n) is 2.22. The number of ether oxygens (including phenoxy) is 1. The number of hydrogen-bond donors (Lipinski definition) is 1. The van der Waals surface area contributed by atoms with Crippen molar-refractivity contribution in [3.05, 3.63) is 41.7 Å². The zero-order chi connectivity index (χ0) is 17.9. The zero-order valence-electron chi connectivity index (χ0n) is 15.2. The first kappa shape index (κ1) is 18.0. The van der Waals surface area contributed by atoms with Crippen LogP contribution in [-0.4, -0.2) is 17.2 Å². The molecule has 2 aromatic rings. The van der Waals surface area contributed by atoms with Crippen molar-refractivity contribution in [2.24, 2.45) is 0 Å². The minimum absolute atomic E-state index is 0.158. The smallest absolute Gasteiger partial charge is 0.266 e. The lowest BCUT2D eigenvalue weighted by atomic mass is 9.93. The normalized spacial score (nSPS) is 13.0. The molecule has 0 fully saturated rings. The molecule has 5 nitrogen and oxygen atoms in total. The van der Waals surface area contributed by atoms with Crippen LogP contribution in [0.1, 0.15) is 58.8 Å². The molecule has 1 N–H and O–H groups in total. The fourth-order valence-corrected chi connectivity index (χ4v) is 2.22. The van der Waals surface area contributed by atoms with E-state index in [9.17, 15) is 4.79 Å². The van der Waals surface area contributed by atoms with Gasteiger partial charge in [0, 0.05) is 11.5 Å². The molecule has 1 heterocycles. The van der Waals surface area contributed by atoms with Crippen molar-refractivity contribution < 1.29 is 14.1 Å². The number of nitrogens with one attached hydrogen (secondary N) is 1. The van der Waals surface area contributed by atoms with E-state index in [4.69, 9.17) is 9.26 Å². The van der Waals surface area contributed by atoms with Crippen LogP contribution in [0.5, 0.6) is 5.75 Å². The highest BCUT2D eigenvalue weighted by Crippen LogP contribution is 2.27. The number of amides is 1. The Hall–Kier alpha value is -2.30. The summed E-state index contributed by atoms with van der Waals surface area (Å²) < 4.78 is 11.1. The highest BCUT2D eigenvalue weighted by Gasteiger charge is 2.22. The van der Waals surface area contributed by atoms with Crippen LogP contribution in [0.2, 0.25) is 0 Å². The average molecular weight is 330 g/mol. The van der Waals surface area contributed by atoms with Gasteiger partial charge in [-0.3, -0.25) is 4.79 Å². The van der Waals surface area contributed by atoms with Crippen LogP contribution in [0.4, 0.5) is 5.82 Å². The van der Waals surface area contributed by atoms with Crippen LogP contribution in [0.3, 0.4) is 0 Å². The monoisotopic (exact) mass is 330 g/mol. The molecule has 0 aliphatic rings. The molecule has 1 aromatic heterocycles. The molecule has 1 aromatic carbocycles. The molecule has 24 heavy (non-hydrogen) atoms. The standard InChI is InChI=1S/C19H26N2O3/c1-12(2)14-9-7-8-10-15(14)23-13(3)18(22)20-17-11-16(24-21-17)19(4,5)6/h7-13H,1-6H3,(H,20,21,22)/t13-/m0/s1. The Morgan fingerprint density at radius 3 is 2.46 bits per heavy atom. The van der Waals surface area contributed by atoms with E-state index in [0.29, 0.717) is 11.7 Å². The van der Waals surface area contributed by atoms with E-state index in [2.05, 4.69) is 24.3 Å². The summed E-state index contributed by atoms with van der Waals surface area (Å²) in [5.41, 5.74) is 0.919. The maximum absolute atomic E-state index is 12.3. The Kier molecular flexibility index (Phi) is 5.32. The van der Waals surface area contributed by atoms with Crippen molar-refractivity contribution in [1.82, 2.24) is 5.16 Å². The summed E-state index contributed by atoms with van der Waals surface area (Å²) in [7, 11) is 0. The fraction of sp³-hybridized carbons (Fsp3) is 0.474. The van der Waals surface area contributed by atoms with Crippen molar-refractivity contribution in [2.75, 3.05) is 5.32 Å². The van der Waals surface area contributed by atoms with Gasteiger partial charge < -0.3 is 14.6 Å². The van der Waals surface area contributed by atoms with E-state index in [1.54, 1.807) is 13.0 Å². The summed E-state index contributed by atoms with van der Waals surface area (Å²) in [6, 6.07) is 9.51. The molecule has 0 aliphatic heterocycles. The second kappa shape index (κ2) is 7.07. The summed E-state index contributed by atoms with van der Waals surface area (Å²) in [5.74, 6) is 1.91. The average Bonchev–Trinajstić information content (AvgIpc) is 2.96. The Morgan fingerprint density at radius 2 is 1.88 bits per heavy atom. The lowest BCUT2D eigenvalue weighted by molar-refractivity contribution is -0.122. The summed E-state index contributed by atoms with van der Waals surface area (Å²) in [6.45, 7) is 12.0. The molecule has 1 amide bonds. The molecule has 130 valence electrons. The van der Waals surface area contributed by atoms with Crippen molar-refractivity contribution in [2.45, 2.75) is 59.0 Å². The van der Waals surface area contributed by atoms with Gasteiger partial charge in [0.15, 0.2) is 11.9 Å². The van der Waals surface area contributed by atoms with Crippen molar-refractivity contribution in [3.63, 3.8) is 0 Å². The van der Waals surface area contributed by atoms with Crippen LogP contribution in [0.15, 0.2) is 34.9 Å². The lowest BCUT2D eigenvalue weighted by Crippen LogP contribution is -2.30. The molecule has 2 rings (SSSR count). The van der Waals surface area contributed by atoms with E-state index in [1.807, 2.05) is 45.0 Å². The van der Waals surface area contributed by atoms with Crippen LogP contribution < -0.4 is 10.1 Å². The number of benzene rings is 1. The van der Waals surface area contributed by atoms with Gasteiger partial charge in [-0.15, -0.1) is 0 Å². The van der Waals surface area contributed by atoms with Gasteiger partial charge in [-0.2, -0.15) is 0 Å². The summed E-state index contributed by atoms with van der Waals surface area (Å²) in [5, 5.41) is 6.63.